The maximum Gasteiger partial charge on any atom is 0.329 e. The van der Waals surface area contributed by atoms with E-state index in [4.69, 9.17) is 4.74 Å². The highest BCUT2D eigenvalue weighted by molar-refractivity contribution is 7.98. The van der Waals surface area contributed by atoms with Crippen molar-refractivity contribution in [1.82, 2.24) is 14.7 Å². The molecule has 1 aromatic carbocycles. The number of nitrogens with zero attached hydrogens (tertiary/aromatic N) is 1. The molecule has 2 heterocycles. The number of rotatable bonds is 6. The van der Waals surface area contributed by atoms with Crippen molar-refractivity contribution in [1.29, 1.82) is 0 Å². The Hall–Kier alpha value is -2.51. The van der Waals surface area contributed by atoms with Crippen molar-refractivity contribution in [3.63, 3.8) is 0 Å². The third-order valence-electron chi connectivity index (χ3n) is 6.84. The van der Waals surface area contributed by atoms with Gasteiger partial charge in [0, 0.05) is 28.6 Å². The summed E-state index contributed by atoms with van der Waals surface area (Å²) in [6, 6.07) is 6.25. The number of carbonyl (C=O) groups is 1. The number of pyridine rings is 1. The molecule has 2 saturated carbocycles. The first-order valence-corrected chi connectivity index (χ1v) is 12.5. The highest BCUT2D eigenvalue weighted by atomic mass is 32.2. The molecule has 2 aromatic heterocycles. The number of aromatic amines is 1. The predicted octanol–water partition coefficient (Wildman–Crippen LogP) is 5.51. The first kappa shape index (κ1) is 20.1. The monoisotopic (exact) mass is 448 g/mol. The minimum atomic E-state index is -0.151. The summed E-state index contributed by atoms with van der Waals surface area (Å²) in [5.41, 5.74) is 7.82. The first-order valence-electron chi connectivity index (χ1n) is 11.6. The molecule has 3 N–H and O–H groups in total. The number of aromatic nitrogens is 2. The van der Waals surface area contributed by atoms with Gasteiger partial charge in [0.25, 0.3) is 0 Å². The molecule has 3 aliphatic rings. The topological polar surface area (TPSA) is 79.0 Å². The molecular formula is C25H28N4O2S. The molecule has 3 aliphatic carbocycles. The number of amides is 2. The number of carbonyl (C=O) groups excluding carboxylic acids is 1. The Balaban J connectivity index is 1.23. The summed E-state index contributed by atoms with van der Waals surface area (Å²) in [4.78, 5) is 20.6. The van der Waals surface area contributed by atoms with Crippen LogP contribution in [-0.2, 0) is 17.6 Å². The van der Waals surface area contributed by atoms with Crippen molar-refractivity contribution >= 4 is 34.7 Å². The van der Waals surface area contributed by atoms with Crippen LogP contribution in [0.4, 0.5) is 10.5 Å². The summed E-state index contributed by atoms with van der Waals surface area (Å²) in [5, 5.41) is 4.74. The zero-order valence-corrected chi connectivity index (χ0v) is 19.1. The largest absolute Gasteiger partial charge is 0.375 e. The van der Waals surface area contributed by atoms with Crippen LogP contribution in [-0.4, -0.2) is 33.5 Å². The number of urea groups is 1. The Bertz CT molecular complexity index is 1180. The van der Waals surface area contributed by atoms with Crippen molar-refractivity contribution in [2.45, 2.75) is 69.3 Å². The molecule has 0 spiro atoms. The van der Waals surface area contributed by atoms with E-state index in [1.807, 2.05) is 18.5 Å². The number of anilines is 1. The average Bonchev–Trinajstić information content (AvgIpc) is 3.22. The van der Waals surface area contributed by atoms with E-state index in [2.05, 4.69) is 39.1 Å². The Morgan fingerprint density at radius 2 is 2.09 bits per heavy atom. The second-order valence-corrected chi connectivity index (χ2v) is 10.4. The summed E-state index contributed by atoms with van der Waals surface area (Å²) >= 11 is 1.53. The second-order valence-electron chi connectivity index (χ2n) is 9.26. The van der Waals surface area contributed by atoms with Crippen LogP contribution in [0.25, 0.3) is 22.2 Å². The van der Waals surface area contributed by atoms with Crippen LogP contribution in [0.5, 0.6) is 0 Å². The van der Waals surface area contributed by atoms with E-state index in [-0.39, 0.29) is 6.03 Å². The summed E-state index contributed by atoms with van der Waals surface area (Å²) in [6.07, 6.45) is 12.3. The van der Waals surface area contributed by atoms with E-state index in [9.17, 15) is 4.79 Å². The van der Waals surface area contributed by atoms with Crippen LogP contribution in [0.2, 0.25) is 0 Å². The maximum atomic E-state index is 12.9. The molecule has 166 valence electrons. The number of fused-ring (bicyclic) bond motifs is 2. The summed E-state index contributed by atoms with van der Waals surface area (Å²) in [6.45, 7) is 2.14. The van der Waals surface area contributed by atoms with Gasteiger partial charge in [0.05, 0.1) is 17.9 Å². The van der Waals surface area contributed by atoms with E-state index in [1.165, 1.54) is 41.5 Å². The van der Waals surface area contributed by atoms with Crippen molar-refractivity contribution in [2.75, 3.05) is 5.32 Å². The van der Waals surface area contributed by atoms with Gasteiger partial charge in [0.1, 0.15) is 5.65 Å². The summed E-state index contributed by atoms with van der Waals surface area (Å²) in [5.74, 6) is 0. The lowest BCUT2D eigenvalue weighted by atomic mass is 9.92. The lowest BCUT2D eigenvalue weighted by Gasteiger charge is -2.34. The molecule has 7 heteroatoms. The molecule has 2 fully saturated rings. The number of ether oxygens (including phenoxy) is 1. The quantitative estimate of drug-likeness (QED) is 0.435. The Kier molecular flexibility index (Phi) is 5.11. The lowest BCUT2D eigenvalue weighted by molar-refractivity contribution is -0.00531. The fourth-order valence-electron chi connectivity index (χ4n) is 5.03. The van der Waals surface area contributed by atoms with Crippen molar-refractivity contribution in [3.05, 3.63) is 47.3 Å². The molecule has 0 atom stereocenters. The number of hydrogen-bond acceptors (Lipinski definition) is 4. The molecule has 6 rings (SSSR count). The third-order valence-corrected chi connectivity index (χ3v) is 7.87. The van der Waals surface area contributed by atoms with E-state index in [0.29, 0.717) is 17.5 Å². The smallest absolute Gasteiger partial charge is 0.329 e. The highest BCUT2D eigenvalue weighted by Crippen LogP contribution is 2.42. The molecule has 2 amide bonds. The van der Waals surface area contributed by atoms with Gasteiger partial charge in [-0.05, 0) is 98.2 Å². The van der Waals surface area contributed by atoms with E-state index in [0.717, 1.165) is 60.0 Å². The van der Waals surface area contributed by atoms with Gasteiger partial charge in [0.15, 0.2) is 0 Å². The van der Waals surface area contributed by atoms with Crippen LogP contribution in [0.1, 0.15) is 48.8 Å². The van der Waals surface area contributed by atoms with Crippen LogP contribution in [0.15, 0.2) is 30.6 Å². The Morgan fingerprint density at radius 1 is 1.22 bits per heavy atom. The third kappa shape index (κ3) is 3.77. The molecule has 0 unspecified atom stereocenters. The lowest BCUT2D eigenvalue weighted by Crippen LogP contribution is -2.37. The zero-order chi connectivity index (χ0) is 21.7. The SMILES string of the molecule is Cc1cc2c(c(NC(=O)NSC3CC(OC4CC4)C3)c1-c1ccnc3[nH]ccc13)CCC2. The number of hydrogen-bond donors (Lipinski definition) is 3. The second kappa shape index (κ2) is 8.12. The molecule has 6 nitrogen and oxygen atoms in total. The van der Waals surface area contributed by atoms with Crippen LogP contribution < -0.4 is 10.0 Å². The van der Waals surface area contributed by atoms with Crippen LogP contribution in [0, 0.1) is 6.92 Å². The predicted molar refractivity (Wildman–Crippen MR) is 129 cm³/mol. The van der Waals surface area contributed by atoms with Crippen LogP contribution in [0.3, 0.4) is 0 Å². The van der Waals surface area contributed by atoms with E-state index < -0.39 is 0 Å². The fraction of sp³-hybridized carbons (Fsp3) is 0.440. The fourth-order valence-corrected chi connectivity index (χ4v) is 5.98. The van der Waals surface area contributed by atoms with Gasteiger partial charge in [-0.1, -0.05) is 6.07 Å². The van der Waals surface area contributed by atoms with Crippen molar-refractivity contribution in [3.8, 4) is 11.1 Å². The highest BCUT2D eigenvalue weighted by Gasteiger charge is 2.36. The molecule has 0 radical (unpaired) electrons. The van der Waals surface area contributed by atoms with E-state index >= 15 is 0 Å². The van der Waals surface area contributed by atoms with Gasteiger partial charge in [-0.3, -0.25) is 4.72 Å². The number of aryl methyl sites for hydroxylation is 2. The normalized spacial score (nSPS) is 21.9. The van der Waals surface area contributed by atoms with Gasteiger partial charge in [-0.25, -0.2) is 9.78 Å². The minimum Gasteiger partial charge on any atom is -0.375 e. The number of nitrogens with one attached hydrogen (secondary N) is 3. The number of benzene rings is 1. The van der Waals surface area contributed by atoms with Gasteiger partial charge in [0.2, 0.25) is 0 Å². The molecule has 0 aliphatic heterocycles. The van der Waals surface area contributed by atoms with E-state index in [1.54, 1.807) is 0 Å². The van der Waals surface area contributed by atoms with Crippen molar-refractivity contribution < 1.29 is 9.53 Å². The molecule has 0 bridgehead atoms. The zero-order valence-electron chi connectivity index (χ0n) is 18.2. The Morgan fingerprint density at radius 3 is 2.94 bits per heavy atom. The van der Waals surface area contributed by atoms with Gasteiger partial charge in [-0.15, -0.1) is 0 Å². The maximum absolute atomic E-state index is 12.9. The van der Waals surface area contributed by atoms with Gasteiger partial charge >= 0.3 is 6.03 Å². The molecule has 32 heavy (non-hydrogen) atoms. The standard InChI is InChI=1S/C25H28N4O2S/c1-14-11-15-3-2-4-19(15)23(22(14)20-7-9-26-24-21(20)8-10-27-24)28-25(30)29-32-18-12-17(13-18)31-16-5-6-16/h7-11,16-18H,2-6,12-13H2,1H3,(H,26,27)(H2,28,29,30). The van der Waals surface area contributed by atoms with Gasteiger partial charge in [-0.2, -0.15) is 0 Å². The van der Waals surface area contributed by atoms with Crippen molar-refractivity contribution in [2.24, 2.45) is 0 Å². The first-order chi connectivity index (χ1) is 15.7. The van der Waals surface area contributed by atoms with Gasteiger partial charge < -0.3 is 15.0 Å². The molecule has 0 saturated heterocycles. The summed E-state index contributed by atoms with van der Waals surface area (Å²) < 4.78 is 8.97. The summed E-state index contributed by atoms with van der Waals surface area (Å²) in [7, 11) is 0. The minimum absolute atomic E-state index is 0.151. The molecule has 3 aromatic rings. The molecular weight excluding hydrogens is 420 g/mol. The number of H-pyrrole nitrogens is 1. The Labute approximate surface area is 192 Å². The van der Waals surface area contributed by atoms with Crippen LogP contribution >= 0.6 is 11.9 Å². The average molecular weight is 449 g/mol.